The maximum atomic E-state index is 2.65. The van der Waals surface area contributed by atoms with E-state index in [1.54, 1.807) is 0 Å². The maximum Gasteiger partial charge on any atom is 0.0859 e. The van der Waals surface area contributed by atoms with Crippen molar-refractivity contribution in [3.05, 3.63) is 35.9 Å². The zero-order valence-electron chi connectivity index (χ0n) is 17.5. The van der Waals surface area contributed by atoms with Gasteiger partial charge in [-0.25, -0.2) is 0 Å². The smallest absolute Gasteiger partial charge is 0.0859 e. The Labute approximate surface area is 170 Å². The summed E-state index contributed by atoms with van der Waals surface area (Å²) in [6.45, 7) is 5.86. The second kappa shape index (κ2) is 19.2. The van der Waals surface area contributed by atoms with Crippen LogP contribution in [0.25, 0.3) is 0 Å². The first-order valence-electron chi connectivity index (χ1n) is 11.2. The van der Waals surface area contributed by atoms with Gasteiger partial charge in [-0.05, 0) is 31.2 Å². The van der Waals surface area contributed by atoms with Gasteiger partial charge in [-0.15, -0.1) is 0 Å². The molecule has 1 aromatic rings. The molecule has 0 heterocycles. The van der Waals surface area contributed by atoms with Crippen molar-refractivity contribution in [2.75, 3.05) is 6.54 Å². The Kier molecular flexibility index (Phi) is 18.8. The molecule has 152 valence electrons. The van der Waals surface area contributed by atoms with Crippen LogP contribution in [0.4, 0.5) is 0 Å². The Morgan fingerprint density at radius 1 is 0.692 bits per heavy atom. The van der Waals surface area contributed by atoms with Gasteiger partial charge in [-0.3, -0.25) is 0 Å². The molecule has 2 heteroatoms. The van der Waals surface area contributed by atoms with Crippen LogP contribution in [0.3, 0.4) is 0 Å². The first-order valence-corrected chi connectivity index (χ1v) is 11.2. The molecule has 0 amide bonds. The molecule has 0 saturated carbocycles. The van der Waals surface area contributed by atoms with Crippen molar-refractivity contribution < 1.29 is 17.7 Å². The first kappa shape index (κ1) is 25.5. The molecule has 0 aliphatic rings. The number of nitrogens with two attached hydrogens (primary N) is 1. The molecular weight excluding hydrogens is 338 g/mol. The van der Waals surface area contributed by atoms with Gasteiger partial charge < -0.3 is 17.7 Å². The van der Waals surface area contributed by atoms with E-state index >= 15 is 0 Å². The van der Waals surface area contributed by atoms with Gasteiger partial charge in [0.1, 0.15) is 0 Å². The van der Waals surface area contributed by atoms with E-state index in [0.717, 1.165) is 6.04 Å². The third kappa shape index (κ3) is 14.6. The van der Waals surface area contributed by atoms with Gasteiger partial charge in [0.25, 0.3) is 0 Å². The molecular formula is C24H44ClN. The van der Waals surface area contributed by atoms with E-state index in [2.05, 4.69) is 49.5 Å². The van der Waals surface area contributed by atoms with E-state index in [9.17, 15) is 0 Å². The van der Waals surface area contributed by atoms with Crippen molar-refractivity contribution in [3.8, 4) is 0 Å². The summed E-state index contributed by atoms with van der Waals surface area (Å²) in [7, 11) is 0. The van der Waals surface area contributed by atoms with E-state index < -0.39 is 0 Å². The number of hydrogen-bond donors (Lipinski definition) is 1. The summed E-state index contributed by atoms with van der Waals surface area (Å²) in [6.07, 6.45) is 19.7. The molecule has 1 aromatic carbocycles. The highest BCUT2D eigenvalue weighted by Crippen LogP contribution is 2.12. The number of benzene rings is 1. The molecule has 1 atom stereocenters. The van der Waals surface area contributed by atoms with Crippen LogP contribution in [0.2, 0.25) is 0 Å². The summed E-state index contributed by atoms with van der Waals surface area (Å²) < 4.78 is 0. The summed E-state index contributed by atoms with van der Waals surface area (Å²) in [5.41, 5.74) is 1.49. The van der Waals surface area contributed by atoms with Gasteiger partial charge in [0.2, 0.25) is 0 Å². The third-order valence-corrected chi connectivity index (χ3v) is 5.38. The van der Waals surface area contributed by atoms with E-state index in [0.29, 0.717) is 0 Å². The molecule has 1 nitrogen and oxygen atoms in total. The van der Waals surface area contributed by atoms with Crippen molar-refractivity contribution in [2.24, 2.45) is 0 Å². The predicted molar refractivity (Wildman–Crippen MR) is 112 cm³/mol. The molecule has 0 radical (unpaired) electrons. The zero-order chi connectivity index (χ0) is 18.0. The Morgan fingerprint density at radius 3 is 1.77 bits per heavy atom. The molecule has 2 N–H and O–H groups in total. The van der Waals surface area contributed by atoms with Gasteiger partial charge in [-0.2, -0.15) is 0 Å². The molecule has 1 unspecified atom stereocenters. The SMILES string of the molecule is CCCCCCCCCC(CCCCCC)[NH2+]CCc1ccccc1.[Cl-]. The lowest BCUT2D eigenvalue weighted by molar-refractivity contribution is -0.690. The van der Waals surface area contributed by atoms with Crippen LogP contribution in [0.1, 0.15) is 103 Å². The first-order chi connectivity index (χ1) is 12.4. The molecule has 0 aromatic heterocycles. The molecule has 0 aliphatic heterocycles. The molecule has 0 fully saturated rings. The Hall–Kier alpha value is -0.530. The summed E-state index contributed by atoms with van der Waals surface area (Å²) in [5, 5.41) is 2.65. The summed E-state index contributed by atoms with van der Waals surface area (Å²) in [5.74, 6) is 0. The fourth-order valence-corrected chi connectivity index (χ4v) is 3.71. The maximum absolute atomic E-state index is 2.65. The van der Waals surface area contributed by atoms with Crippen LogP contribution >= 0.6 is 0 Å². The van der Waals surface area contributed by atoms with Gasteiger partial charge in [0, 0.05) is 6.42 Å². The largest absolute Gasteiger partial charge is 1.00 e. The van der Waals surface area contributed by atoms with E-state index in [1.807, 2.05) is 0 Å². The van der Waals surface area contributed by atoms with Gasteiger partial charge in [0.15, 0.2) is 0 Å². The molecule has 0 aliphatic carbocycles. The Bertz CT molecular complexity index is 379. The lowest BCUT2D eigenvalue weighted by Gasteiger charge is -2.16. The van der Waals surface area contributed by atoms with Gasteiger partial charge in [0.05, 0.1) is 12.6 Å². The van der Waals surface area contributed by atoms with Crippen molar-refractivity contribution in [1.82, 2.24) is 0 Å². The minimum atomic E-state index is 0. The van der Waals surface area contributed by atoms with E-state index in [1.165, 1.54) is 102 Å². The van der Waals surface area contributed by atoms with Crippen molar-refractivity contribution >= 4 is 0 Å². The topological polar surface area (TPSA) is 16.6 Å². The fourth-order valence-electron chi connectivity index (χ4n) is 3.71. The van der Waals surface area contributed by atoms with E-state index in [-0.39, 0.29) is 12.4 Å². The van der Waals surface area contributed by atoms with Crippen LogP contribution in [0.15, 0.2) is 30.3 Å². The molecule has 0 saturated heterocycles. The number of hydrogen-bond acceptors (Lipinski definition) is 0. The zero-order valence-corrected chi connectivity index (χ0v) is 18.3. The summed E-state index contributed by atoms with van der Waals surface area (Å²) in [4.78, 5) is 0. The Balaban J connectivity index is 0.00000625. The standard InChI is InChI=1S/C24H43N.ClH/c1-3-5-7-9-10-11-16-20-24(19-15-8-6-4-2)25-22-21-23-17-13-12-14-18-23;/h12-14,17-18,24-25H,3-11,15-16,19-22H2,1-2H3;1H. The minimum Gasteiger partial charge on any atom is -1.00 e. The van der Waals surface area contributed by atoms with Crippen LogP contribution in [-0.2, 0) is 6.42 Å². The summed E-state index contributed by atoms with van der Waals surface area (Å²) in [6, 6.07) is 11.8. The quantitative estimate of drug-likeness (QED) is 0.399. The number of unbranched alkanes of at least 4 members (excludes halogenated alkanes) is 9. The number of quaternary nitrogens is 1. The fraction of sp³-hybridized carbons (Fsp3) is 0.750. The third-order valence-electron chi connectivity index (χ3n) is 5.38. The molecule has 0 bridgehead atoms. The van der Waals surface area contributed by atoms with Crippen LogP contribution in [0, 0.1) is 0 Å². The highest BCUT2D eigenvalue weighted by Gasteiger charge is 2.11. The van der Waals surface area contributed by atoms with Crippen LogP contribution in [0.5, 0.6) is 0 Å². The second-order valence-electron chi connectivity index (χ2n) is 7.78. The minimum absolute atomic E-state index is 0. The second-order valence-corrected chi connectivity index (χ2v) is 7.78. The average Bonchev–Trinajstić information content (AvgIpc) is 2.64. The number of rotatable bonds is 17. The monoisotopic (exact) mass is 381 g/mol. The summed E-state index contributed by atoms with van der Waals surface area (Å²) >= 11 is 0. The Morgan fingerprint density at radius 2 is 1.19 bits per heavy atom. The van der Waals surface area contributed by atoms with Crippen molar-refractivity contribution in [2.45, 2.75) is 110 Å². The van der Waals surface area contributed by atoms with Crippen LogP contribution in [-0.4, -0.2) is 12.6 Å². The average molecular weight is 382 g/mol. The molecule has 26 heavy (non-hydrogen) atoms. The normalized spacial score (nSPS) is 11.9. The highest BCUT2D eigenvalue weighted by atomic mass is 35.5. The van der Waals surface area contributed by atoms with Gasteiger partial charge in [-0.1, -0.05) is 102 Å². The number of halogens is 1. The van der Waals surface area contributed by atoms with Crippen LogP contribution < -0.4 is 17.7 Å². The van der Waals surface area contributed by atoms with E-state index in [4.69, 9.17) is 0 Å². The van der Waals surface area contributed by atoms with Crippen molar-refractivity contribution in [3.63, 3.8) is 0 Å². The van der Waals surface area contributed by atoms with Gasteiger partial charge >= 0.3 is 0 Å². The highest BCUT2D eigenvalue weighted by molar-refractivity contribution is 5.14. The van der Waals surface area contributed by atoms with Crippen molar-refractivity contribution in [1.29, 1.82) is 0 Å². The predicted octanol–water partition coefficient (Wildman–Crippen LogP) is 3.28. The lowest BCUT2D eigenvalue weighted by Crippen LogP contribution is -3.00. The molecule has 0 spiro atoms. The molecule has 1 rings (SSSR count). The lowest BCUT2D eigenvalue weighted by atomic mass is 10.00.